The number of anilines is 1. The van der Waals surface area contributed by atoms with Crippen molar-refractivity contribution in [2.24, 2.45) is 5.73 Å². The van der Waals surface area contributed by atoms with E-state index in [1.165, 1.54) is 0 Å². The van der Waals surface area contributed by atoms with Gasteiger partial charge in [-0.25, -0.2) is 0 Å². The van der Waals surface area contributed by atoms with E-state index in [2.05, 4.69) is 0 Å². The van der Waals surface area contributed by atoms with Gasteiger partial charge in [-0.1, -0.05) is 30.3 Å². The van der Waals surface area contributed by atoms with Crippen LogP contribution < -0.4 is 15.4 Å². The van der Waals surface area contributed by atoms with E-state index in [1.54, 1.807) is 23.1 Å². The molecule has 0 aliphatic carbocycles. The highest BCUT2D eigenvalue weighted by molar-refractivity contribution is 6.00. The van der Waals surface area contributed by atoms with E-state index in [1.807, 2.05) is 30.3 Å². The molecule has 1 aliphatic rings. The molecule has 0 radical (unpaired) electrons. The van der Waals surface area contributed by atoms with Crippen molar-refractivity contribution in [2.75, 3.05) is 11.5 Å². The molecular weight excluding hydrogens is 268 g/mol. The molecule has 2 aromatic carbocycles. The Balaban J connectivity index is 1.95. The molecule has 5 nitrogen and oxygen atoms in total. The van der Waals surface area contributed by atoms with Crippen LogP contribution in [0.3, 0.4) is 0 Å². The Kier molecular flexibility index (Phi) is 3.31. The largest absolute Gasteiger partial charge is 0.482 e. The number of rotatable bonds is 3. The maximum atomic E-state index is 12.1. The Morgan fingerprint density at radius 3 is 2.67 bits per heavy atom. The molecule has 21 heavy (non-hydrogen) atoms. The predicted octanol–water partition coefficient (Wildman–Crippen LogP) is 1.71. The van der Waals surface area contributed by atoms with Crippen LogP contribution in [0.15, 0.2) is 48.5 Å². The number of fused-ring (bicyclic) bond motifs is 1. The predicted molar refractivity (Wildman–Crippen MR) is 78.1 cm³/mol. The summed E-state index contributed by atoms with van der Waals surface area (Å²) in [7, 11) is 0. The summed E-state index contributed by atoms with van der Waals surface area (Å²) in [4.78, 5) is 25.0. The molecular formula is C16H14N2O3. The van der Waals surface area contributed by atoms with Crippen LogP contribution in [-0.4, -0.2) is 18.4 Å². The van der Waals surface area contributed by atoms with E-state index in [0.29, 0.717) is 23.5 Å². The highest BCUT2D eigenvalue weighted by Crippen LogP contribution is 2.33. The Bertz CT molecular complexity index is 698. The number of nitrogens with zero attached hydrogens (tertiary/aromatic N) is 1. The maximum Gasteiger partial charge on any atom is 0.265 e. The lowest BCUT2D eigenvalue weighted by molar-refractivity contribution is -0.121. The normalized spacial score (nSPS) is 13.5. The number of amides is 2. The fourth-order valence-electron chi connectivity index (χ4n) is 2.30. The molecule has 2 aromatic rings. The number of hydrogen-bond acceptors (Lipinski definition) is 3. The second-order valence-electron chi connectivity index (χ2n) is 4.80. The van der Waals surface area contributed by atoms with Gasteiger partial charge in [0.15, 0.2) is 6.61 Å². The van der Waals surface area contributed by atoms with Gasteiger partial charge in [0.05, 0.1) is 12.2 Å². The van der Waals surface area contributed by atoms with E-state index >= 15 is 0 Å². The van der Waals surface area contributed by atoms with Crippen molar-refractivity contribution in [3.63, 3.8) is 0 Å². The van der Waals surface area contributed by atoms with Crippen molar-refractivity contribution < 1.29 is 14.3 Å². The number of nitrogens with two attached hydrogens (primary N) is 1. The fourth-order valence-corrected chi connectivity index (χ4v) is 2.30. The number of hydrogen-bond donors (Lipinski definition) is 1. The molecule has 0 saturated carbocycles. The van der Waals surface area contributed by atoms with Gasteiger partial charge in [-0.3, -0.25) is 9.59 Å². The Morgan fingerprint density at radius 2 is 1.95 bits per heavy atom. The molecule has 2 N–H and O–H groups in total. The molecule has 2 amide bonds. The molecule has 3 rings (SSSR count). The van der Waals surface area contributed by atoms with Crippen LogP contribution >= 0.6 is 0 Å². The summed E-state index contributed by atoms with van der Waals surface area (Å²) in [6.45, 7) is 0.425. The van der Waals surface area contributed by atoms with E-state index < -0.39 is 5.91 Å². The zero-order valence-electron chi connectivity index (χ0n) is 11.3. The van der Waals surface area contributed by atoms with E-state index in [9.17, 15) is 9.59 Å². The highest BCUT2D eigenvalue weighted by atomic mass is 16.5. The Morgan fingerprint density at radius 1 is 1.19 bits per heavy atom. The average molecular weight is 282 g/mol. The first-order valence-corrected chi connectivity index (χ1v) is 6.56. The summed E-state index contributed by atoms with van der Waals surface area (Å²) in [5, 5.41) is 0. The quantitative estimate of drug-likeness (QED) is 0.931. The second kappa shape index (κ2) is 5.28. The van der Waals surface area contributed by atoms with Crippen LogP contribution in [-0.2, 0) is 11.3 Å². The summed E-state index contributed by atoms with van der Waals surface area (Å²) in [5.74, 6) is -0.132. The average Bonchev–Trinajstić information content (AvgIpc) is 2.50. The molecule has 106 valence electrons. The van der Waals surface area contributed by atoms with Crippen molar-refractivity contribution in [2.45, 2.75) is 6.54 Å². The highest BCUT2D eigenvalue weighted by Gasteiger charge is 2.26. The van der Waals surface area contributed by atoms with Gasteiger partial charge in [-0.05, 0) is 23.8 Å². The minimum atomic E-state index is -0.520. The number of primary amides is 1. The molecule has 0 atom stereocenters. The first-order chi connectivity index (χ1) is 10.1. The minimum Gasteiger partial charge on any atom is -0.482 e. The topological polar surface area (TPSA) is 72.6 Å². The smallest absolute Gasteiger partial charge is 0.265 e. The number of carbonyl (C=O) groups is 2. The summed E-state index contributed by atoms with van der Waals surface area (Å²) in [6, 6.07) is 14.6. The van der Waals surface area contributed by atoms with Crippen LogP contribution in [0.4, 0.5) is 5.69 Å². The lowest BCUT2D eigenvalue weighted by Gasteiger charge is -2.29. The SMILES string of the molecule is NC(=O)c1ccc2c(c1)OCC(=O)N2Cc1ccccc1. The van der Waals surface area contributed by atoms with Gasteiger partial charge >= 0.3 is 0 Å². The summed E-state index contributed by atoms with van der Waals surface area (Å²) in [6.07, 6.45) is 0. The molecule has 1 aliphatic heterocycles. The first kappa shape index (κ1) is 13.2. The third-order valence-corrected chi connectivity index (χ3v) is 3.37. The minimum absolute atomic E-state index is 0.0396. The standard InChI is InChI=1S/C16H14N2O3/c17-16(20)12-6-7-13-14(8-12)21-10-15(19)18(13)9-11-4-2-1-3-5-11/h1-8H,9-10H2,(H2,17,20). The van der Waals surface area contributed by atoms with Crippen molar-refractivity contribution in [1.82, 2.24) is 0 Å². The van der Waals surface area contributed by atoms with Gasteiger partial charge in [-0.15, -0.1) is 0 Å². The Hall–Kier alpha value is -2.82. The van der Waals surface area contributed by atoms with Gasteiger partial charge in [0.2, 0.25) is 5.91 Å². The van der Waals surface area contributed by atoms with Crippen LogP contribution in [0.1, 0.15) is 15.9 Å². The summed E-state index contributed by atoms with van der Waals surface area (Å²) in [5.41, 5.74) is 7.30. The maximum absolute atomic E-state index is 12.1. The van der Waals surface area contributed by atoms with Gasteiger partial charge < -0.3 is 15.4 Å². The third-order valence-electron chi connectivity index (χ3n) is 3.37. The molecule has 0 bridgehead atoms. The monoisotopic (exact) mass is 282 g/mol. The van der Waals surface area contributed by atoms with E-state index in [-0.39, 0.29) is 12.5 Å². The third kappa shape index (κ3) is 2.58. The number of ether oxygens (including phenoxy) is 1. The summed E-state index contributed by atoms with van der Waals surface area (Å²) < 4.78 is 5.40. The zero-order valence-corrected chi connectivity index (χ0v) is 11.3. The first-order valence-electron chi connectivity index (χ1n) is 6.56. The van der Waals surface area contributed by atoms with E-state index in [4.69, 9.17) is 10.5 Å². The fraction of sp³-hybridized carbons (Fsp3) is 0.125. The zero-order chi connectivity index (χ0) is 14.8. The molecule has 0 aromatic heterocycles. The molecule has 0 unspecified atom stereocenters. The van der Waals surface area contributed by atoms with E-state index in [0.717, 1.165) is 5.56 Å². The number of carbonyl (C=O) groups excluding carboxylic acids is 2. The lowest BCUT2D eigenvalue weighted by atomic mass is 10.1. The molecule has 0 saturated heterocycles. The van der Waals surface area contributed by atoms with Crippen LogP contribution in [0, 0.1) is 0 Å². The van der Waals surface area contributed by atoms with Gasteiger partial charge in [0.25, 0.3) is 5.91 Å². The number of benzene rings is 2. The van der Waals surface area contributed by atoms with Gasteiger partial charge in [0.1, 0.15) is 5.75 Å². The lowest BCUT2D eigenvalue weighted by Crippen LogP contribution is -2.38. The summed E-state index contributed by atoms with van der Waals surface area (Å²) >= 11 is 0. The second-order valence-corrected chi connectivity index (χ2v) is 4.80. The molecule has 0 spiro atoms. The van der Waals surface area contributed by atoms with Crippen molar-refractivity contribution >= 4 is 17.5 Å². The van der Waals surface area contributed by atoms with Crippen LogP contribution in [0.2, 0.25) is 0 Å². The van der Waals surface area contributed by atoms with Gasteiger partial charge in [-0.2, -0.15) is 0 Å². The van der Waals surface area contributed by atoms with Crippen LogP contribution in [0.5, 0.6) is 5.75 Å². The van der Waals surface area contributed by atoms with Crippen molar-refractivity contribution in [3.05, 3.63) is 59.7 Å². The molecule has 5 heteroatoms. The Labute approximate surface area is 121 Å². The van der Waals surface area contributed by atoms with Gasteiger partial charge in [0, 0.05) is 5.56 Å². The van der Waals surface area contributed by atoms with Crippen LogP contribution in [0.25, 0.3) is 0 Å². The molecule has 1 heterocycles. The van der Waals surface area contributed by atoms with Crippen molar-refractivity contribution in [3.8, 4) is 5.75 Å². The van der Waals surface area contributed by atoms with Crippen molar-refractivity contribution in [1.29, 1.82) is 0 Å². The molecule has 0 fully saturated rings.